The van der Waals surface area contributed by atoms with E-state index in [1.165, 1.54) is 7.05 Å². The van der Waals surface area contributed by atoms with Gasteiger partial charge in [-0.05, 0) is 37.1 Å². The van der Waals surface area contributed by atoms with Crippen LogP contribution in [0, 0.1) is 0 Å². The number of hydrogen-bond donors (Lipinski definition) is 3. The Morgan fingerprint density at radius 1 is 1.14 bits per heavy atom. The van der Waals surface area contributed by atoms with Crippen LogP contribution < -0.4 is 10.6 Å². The van der Waals surface area contributed by atoms with Crippen LogP contribution in [0.4, 0.5) is 5.69 Å². The summed E-state index contributed by atoms with van der Waals surface area (Å²) in [4.78, 5) is 34.1. The number of ether oxygens (including phenoxy) is 1. The highest BCUT2D eigenvalue weighted by atomic mass is 16.5. The molecule has 1 aliphatic rings. The molecule has 1 saturated heterocycles. The fourth-order valence-corrected chi connectivity index (χ4v) is 2.08. The third-order valence-corrected chi connectivity index (χ3v) is 3.23. The number of carbonyl (C=O) groups is 3. The second kappa shape index (κ2) is 6.36. The first-order chi connectivity index (χ1) is 10.0. The summed E-state index contributed by atoms with van der Waals surface area (Å²) >= 11 is 0. The van der Waals surface area contributed by atoms with E-state index in [0.717, 1.165) is 0 Å². The van der Waals surface area contributed by atoms with Gasteiger partial charge in [-0.15, -0.1) is 0 Å². The van der Waals surface area contributed by atoms with Crippen LogP contribution in [0.5, 0.6) is 0 Å². The Morgan fingerprint density at radius 2 is 1.76 bits per heavy atom. The summed E-state index contributed by atoms with van der Waals surface area (Å²) in [6.07, 6.45) is -0.983. The predicted molar refractivity (Wildman–Crippen MR) is 74.0 cm³/mol. The minimum atomic E-state index is -1.06. The number of carboxylic acid groups (broad SMARTS) is 1. The predicted octanol–water partition coefficient (Wildman–Crippen LogP) is 0.617. The Morgan fingerprint density at radius 3 is 2.29 bits per heavy atom. The van der Waals surface area contributed by atoms with E-state index >= 15 is 0 Å². The average Bonchev–Trinajstić information content (AvgIpc) is 2.97. The molecule has 7 heteroatoms. The molecular weight excluding hydrogens is 276 g/mol. The molecule has 0 aliphatic carbocycles. The van der Waals surface area contributed by atoms with E-state index in [1.807, 2.05) is 0 Å². The van der Waals surface area contributed by atoms with Gasteiger partial charge in [0.05, 0.1) is 0 Å². The maximum atomic E-state index is 11.9. The molecule has 1 aliphatic heterocycles. The molecule has 0 bridgehead atoms. The van der Waals surface area contributed by atoms with Gasteiger partial charge in [-0.3, -0.25) is 9.59 Å². The fraction of sp³-hybridized carbons (Fsp3) is 0.357. The highest BCUT2D eigenvalue weighted by Gasteiger charge is 2.34. The third kappa shape index (κ3) is 3.57. The number of hydrogen-bond acceptors (Lipinski definition) is 4. The summed E-state index contributed by atoms with van der Waals surface area (Å²) in [5.74, 6) is -1.65. The van der Waals surface area contributed by atoms with E-state index in [9.17, 15) is 14.4 Å². The molecule has 1 heterocycles. The van der Waals surface area contributed by atoms with E-state index < -0.39 is 18.2 Å². The molecule has 112 valence electrons. The lowest BCUT2D eigenvalue weighted by molar-refractivity contribution is -0.150. The SMILES string of the molecule is CNC(=O)c1ccc(NC(=O)C2CCC(C(=O)O)O2)cc1. The second-order valence-electron chi connectivity index (χ2n) is 4.67. The quantitative estimate of drug-likeness (QED) is 0.754. The average molecular weight is 292 g/mol. The number of nitrogens with one attached hydrogen (secondary N) is 2. The number of aliphatic carboxylic acids is 1. The van der Waals surface area contributed by atoms with Gasteiger partial charge in [-0.2, -0.15) is 0 Å². The van der Waals surface area contributed by atoms with Crippen LogP contribution >= 0.6 is 0 Å². The number of benzene rings is 1. The molecule has 0 aromatic heterocycles. The number of amides is 2. The van der Waals surface area contributed by atoms with Crippen molar-refractivity contribution in [3.8, 4) is 0 Å². The summed E-state index contributed by atoms with van der Waals surface area (Å²) in [6, 6.07) is 6.38. The third-order valence-electron chi connectivity index (χ3n) is 3.23. The number of rotatable bonds is 4. The van der Waals surface area contributed by atoms with Crippen LogP contribution in [-0.4, -0.2) is 42.1 Å². The first-order valence-corrected chi connectivity index (χ1v) is 6.52. The lowest BCUT2D eigenvalue weighted by Crippen LogP contribution is -2.29. The summed E-state index contributed by atoms with van der Waals surface area (Å²) < 4.78 is 5.16. The standard InChI is InChI=1S/C14H16N2O5/c1-15-12(17)8-2-4-9(5-3-8)16-13(18)10-6-7-11(21-10)14(19)20/h2-5,10-11H,6-7H2,1H3,(H,15,17)(H,16,18)(H,19,20). The molecular formula is C14H16N2O5. The molecule has 21 heavy (non-hydrogen) atoms. The van der Waals surface area contributed by atoms with Crippen LogP contribution in [-0.2, 0) is 14.3 Å². The van der Waals surface area contributed by atoms with Gasteiger partial charge in [0, 0.05) is 18.3 Å². The summed E-state index contributed by atoms with van der Waals surface area (Å²) in [7, 11) is 1.54. The minimum Gasteiger partial charge on any atom is -0.479 e. The van der Waals surface area contributed by atoms with Crippen LogP contribution in [0.25, 0.3) is 0 Å². The zero-order valence-electron chi connectivity index (χ0n) is 11.5. The molecule has 1 aromatic carbocycles. The fourth-order valence-electron chi connectivity index (χ4n) is 2.08. The van der Waals surface area contributed by atoms with Crippen molar-refractivity contribution in [3.05, 3.63) is 29.8 Å². The Bertz CT molecular complexity index is 555. The largest absolute Gasteiger partial charge is 0.479 e. The maximum absolute atomic E-state index is 11.9. The van der Waals surface area contributed by atoms with Crippen molar-refractivity contribution in [2.75, 3.05) is 12.4 Å². The van der Waals surface area contributed by atoms with E-state index in [2.05, 4.69) is 10.6 Å². The van der Waals surface area contributed by atoms with E-state index in [4.69, 9.17) is 9.84 Å². The molecule has 0 saturated carbocycles. The van der Waals surface area contributed by atoms with Crippen molar-refractivity contribution < 1.29 is 24.2 Å². The summed E-state index contributed by atoms with van der Waals surface area (Å²) in [6.45, 7) is 0. The van der Waals surface area contributed by atoms with Gasteiger partial charge in [-0.25, -0.2) is 4.79 Å². The maximum Gasteiger partial charge on any atom is 0.332 e. The molecule has 2 atom stereocenters. The van der Waals surface area contributed by atoms with Crippen LogP contribution in [0.3, 0.4) is 0 Å². The molecule has 7 nitrogen and oxygen atoms in total. The monoisotopic (exact) mass is 292 g/mol. The zero-order valence-corrected chi connectivity index (χ0v) is 11.5. The summed E-state index contributed by atoms with van der Waals surface area (Å²) in [5.41, 5.74) is 1.01. The van der Waals surface area contributed by atoms with E-state index in [0.29, 0.717) is 24.1 Å². The van der Waals surface area contributed by atoms with Gasteiger partial charge in [0.2, 0.25) is 0 Å². The zero-order chi connectivity index (χ0) is 15.4. The summed E-state index contributed by atoms with van der Waals surface area (Å²) in [5, 5.41) is 14.0. The highest BCUT2D eigenvalue weighted by Crippen LogP contribution is 2.21. The topological polar surface area (TPSA) is 105 Å². The van der Waals surface area contributed by atoms with Crippen molar-refractivity contribution in [1.29, 1.82) is 0 Å². The molecule has 0 radical (unpaired) electrons. The lowest BCUT2D eigenvalue weighted by Gasteiger charge is -2.12. The number of carboxylic acids is 1. The normalized spacial score (nSPS) is 20.8. The van der Waals surface area contributed by atoms with Gasteiger partial charge in [0.15, 0.2) is 6.10 Å². The van der Waals surface area contributed by atoms with Crippen molar-refractivity contribution >= 4 is 23.5 Å². The van der Waals surface area contributed by atoms with Gasteiger partial charge >= 0.3 is 5.97 Å². The number of anilines is 1. The molecule has 2 rings (SSSR count). The van der Waals surface area contributed by atoms with Gasteiger partial charge in [0.1, 0.15) is 6.10 Å². The molecule has 1 fully saturated rings. The molecule has 2 amide bonds. The van der Waals surface area contributed by atoms with Gasteiger partial charge in [0.25, 0.3) is 11.8 Å². The first-order valence-electron chi connectivity index (χ1n) is 6.52. The van der Waals surface area contributed by atoms with Crippen molar-refractivity contribution in [1.82, 2.24) is 5.32 Å². The Labute approximate surface area is 121 Å². The Hall–Kier alpha value is -2.41. The second-order valence-corrected chi connectivity index (χ2v) is 4.67. The first kappa shape index (κ1) is 15.0. The van der Waals surface area contributed by atoms with Crippen molar-refractivity contribution in [3.63, 3.8) is 0 Å². The smallest absolute Gasteiger partial charge is 0.332 e. The van der Waals surface area contributed by atoms with Crippen LogP contribution in [0.1, 0.15) is 23.2 Å². The van der Waals surface area contributed by atoms with Gasteiger partial charge in [-0.1, -0.05) is 0 Å². The Balaban J connectivity index is 1.94. The van der Waals surface area contributed by atoms with Crippen molar-refractivity contribution in [2.45, 2.75) is 25.0 Å². The Kier molecular flexibility index (Phi) is 4.54. The number of carbonyl (C=O) groups excluding carboxylic acids is 2. The van der Waals surface area contributed by atoms with E-state index in [1.54, 1.807) is 24.3 Å². The minimum absolute atomic E-state index is 0.212. The van der Waals surface area contributed by atoms with Gasteiger partial charge < -0.3 is 20.5 Å². The lowest BCUT2D eigenvalue weighted by atomic mass is 10.1. The highest BCUT2D eigenvalue weighted by molar-refractivity contribution is 5.97. The molecule has 0 spiro atoms. The molecule has 1 aromatic rings. The molecule has 3 N–H and O–H groups in total. The van der Waals surface area contributed by atoms with Crippen molar-refractivity contribution in [2.24, 2.45) is 0 Å². The van der Waals surface area contributed by atoms with Crippen LogP contribution in [0.2, 0.25) is 0 Å². The molecule has 2 unspecified atom stereocenters. The van der Waals surface area contributed by atoms with Crippen LogP contribution in [0.15, 0.2) is 24.3 Å². The van der Waals surface area contributed by atoms with E-state index in [-0.39, 0.29) is 11.8 Å².